The number of benzene rings is 1. The first kappa shape index (κ1) is 15.9. The summed E-state index contributed by atoms with van der Waals surface area (Å²) < 4.78 is 1.14. The molecule has 1 aliphatic rings. The lowest BCUT2D eigenvalue weighted by Gasteiger charge is -2.09. The van der Waals surface area contributed by atoms with Crippen LogP contribution in [-0.4, -0.2) is 27.4 Å². The van der Waals surface area contributed by atoms with Crippen LogP contribution in [0.15, 0.2) is 47.7 Å². The molecular weight excluding hydrogens is 308 g/mol. The molecule has 1 fully saturated rings. The largest absolute Gasteiger partial charge is 0.350 e. The summed E-state index contributed by atoms with van der Waals surface area (Å²) in [5.41, 5.74) is 0.409. The van der Waals surface area contributed by atoms with Crippen molar-refractivity contribution in [3.8, 4) is 0 Å². The number of nitrogens with one attached hydrogen (secondary N) is 2. The van der Waals surface area contributed by atoms with Gasteiger partial charge in [0.15, 0.2) is 0 Å². The van der Waals surface area contributed by atoms with Crippen LogP contribution in [-0.2, 0) is 17.9 Å². The molecule has 0 radical (unpaired) electrons. The van der Waals surface area contributed by atoms with Gasteiger partial charge in [0.25, 0.3) is 11.5 Å². The number of carbonyl (C=O) groups is 2. The standard InChI is InChI=1S/C17H18N4O3/c22-15(19-8-12-4-2-1-3-5-12)10-21-11-18-9-14(17(21)24)16(23)20-13-6-7-13/h1-5,9,11,13H,6-8,10H2,(H,19,22)(H,20,23). The van der Waals surface area contributed by atoms with E-state index in [1.807, 2.05) is 30.3 Å². The van der Waals surface area contributed by atoms with Gasteiger partial charge >= 0.3 is 0 Å². The summed E-state index contributed by atoms with van der Waals surface area (Å²) >= 11 is 0. The van der Waals surface area contributed by atoms with Gasteiger partial charge in [-0.05, 0) is 18.4 Å². The minimum Gasteiger partial charge on any atom is -0.350 e. The van der Waals surface area contributed by atoms with Crippen LogP contribution in [0.4, 0.5) is 0 Å². The number of rotatable bonds is 6. The van der Waals surface area contributed by atoms with E-state index in [1.165, 1.54) is 12.5 Å². The molecule has 2 amide bonds. The van der Waals surface area contributed by atoms with E-state index in [0.717, 1.165) is 23.0 Å². The number of amides is 2. The van der Waals surface area contributed by atoms with Crippen molar-refractivity contribution in [3.63, 3.8) is 0 Å². The third kappa shape index (κ3) is 4.07. The summed E-state index contributed by atoms with van der Waals surface area (Å²) in [6.07, 6.45) is 4.36. The van der Waals surface area contributed by atoms with Crippen LogP contribution in [0.1, 0.15) is 28.8 Å². The quantitative estimate of drug-likeness (QED) is 0.806. The highest BCUT2D eigenvalue weighted by atomic mass is 16.2. The van der Waals surface area contributed by atoms with Gasteiger partial charge in [-0.15, -0.1) is 0 Å². The molecule has 0 unspecified atom stereocenters. The molecule has 0 bridgehead atoms. The lowest BCUT2D eigenvalue weighted by atomic mass is 10.2. The number of nitrogens with zero attached hydrogens (tertiary/aromatic N) is 2. The Morgan fingerprint density at radius 3 is 2.67 bits per heavy atom. The smallest absolute Gasteiger partial charge is 0.266 e. The molecule has 1 saturated carbocycles. The molecule has 2 N–H and O–H groups in total. The molecule has 0 spiro atoms. The zero-order chi connectivity index (χ0) is 16.9. The van der Waals surface area contributed by atoms with Gasteiger partial charge in [-0.2, -0.15) is 0 Å². The van der Waals surface area contributed by atoms with Crippen molar-refractivity contribution in [2.24, 2.45) is 0 Å². The van der Waals surface area contributed by atoms with Crippen LogP contribution in [0.2, 0.25) is 0 Å². The minimum absolute atomic E-state index is 0.0414. The van der Waals surface area contributed by atoms with Crippen LogP contribution < -0.4 is 16.2 Å². The number of carbonyl (C=O) groups excluding carboxylic acids is 2. The molecule has 0 saturated heterocycles. The first-order chi connectivity index (χ1) is 11.6. The predicted molar refractivity (Wildman–Crippen MR) is 87.3 cm³/mol. The van der Waals surface area contributed by atoms with Gasteiger partial charge in [-0.25, -0.2) is 4.98 Å². The molecule has 24 heavy (non-hydrogen) atoms. The highest BCUT2D eigenvalue weighted by Crippen LogP contribution is 2.18. The van der Waals surface area contributed by atoms with Gasteiger partial charge < -0.3 is 10.6 Å². The second-order valence-electron chi connectivity index (χ2n) is 5.75. The minimum atomic E-state index is -0.516. The van der Waals surface area contributed by atoms with Crippen molar-refractivity contribution in [2.75, 3.05) is 0 Å². The lowest BCUT2D eigenvalue weighted by Crippen LogP contribution is -2.37. The molecular formula is C17H18N4O3. The maximum absolute atomic E-state index is 12.3. The van der Waals surface area contributed by atoms with E-state index in [4.69, 9.17) is 0 Å². The van der Waals surface area contributed by atoms with Crippen LogP contribution in [0.25, 0.3) is 0 Å². The van der Waals surface area contributed by atoms with Crippen LogP contribution in [0.5, 0.6) is 0 Å². The Hall–Kier alpha value is -2.96. The second-order valence-corrected chi connectivity index (χ2v) is 5.75. The summed E-state index contributed by atoms with van der Waals surface area (Å²) in [5, 5.41) is 5.48. The Morgan fingerprint density at radius 1 is 1.21 bits per heavy atom. The van der Waals surface area contributed by atoms with E-state index >= 15 is 0 Å². The van der Waals surface area contributed by atoms with Gasteiger partial charge in [0.1, 0.15) is 12.1 Å². The Balaban J connectivity index is 1.62. The third-order valence-corrected chi connectivity index (χ3v) is 3.70. The average Bonchev–Trinajstić information content (AvgIpc) is 3.40. The van der Waals surface area contributed by atoms with E-state index in [9.17, 15) is 14.4 Å². The first-order valence-electron chi connectivity index (χ1n) is 7.79. The molecule has 0 aliphatic heterocycles. The van der Waals surface area contributed by atoms with E-state index in [-0.39, 0.29) is 24.1 Å². The van der Waals surface area contributed by atoms with Crippen LogP contribution in [0.3, 0.4) is 0 Å². The van der Waals surface area contributed by atoms with Crippen LogP contribution >= 0.6 is 0 Å². The third-order valence-electron chi connectivity index (χ3n) is 3.70. The summed E-state index contributed by atoms with van der Waals surface area (Å²) in [7, 11) is 0. The van der Waals surface area contributed by atoms with Gasteiger partial charge in [-0.3, -0.25) is 19.0 Å². The SMILES string of the molecule is O=C(Cn1cncc(C(=O)NC2CC2)c1=O)NCc1ccccc1. The van der Waals surface area contributed by atoms with Gasteiger partial charge in [0, 0.05) is 18.8 Å². The maximum Gasteiger partial charge on any atom is 0.266 e. The van der Waals surface area contributed by atoms with E-state index in [0.29, 0.717) is 6.54 Å². The van der Waals surface area contributed by atoms with Crippen molar-refractivity contribution in [2.45, 2.75) is 32.0 Å². The highest BCUT2D eigenvalue weighted by molar-refractivity contribution is 5.93. The Labute approximate surface area is 138 Å². The number of hydrogen-bond donors (Lipinski definition) is 2. The summed E-state index contributed by atoms with van der Waals surface area (Å²) in [4.78, 5) is 40.2. The van der Waals surface area contributed by atoms with Crippen molar-refractivity contribution in [3.05, 3.63) is 64.3 Å². The molecule has 1 heterocycles. The summed E-state index contributed by atoms with van der Waals surface area (Å²) in [5.74, 6) is -0.753. The van der Waals surface area contributed by atoms with Crippen molar-refractivity contribution in [1.29, 1.82) is 0 Å². The normalized spacial score (nSPS) is 13.3. The Bertz CT molecular complexity index is 797. The van der Waals surface area contributed by atoms with Gasteiger partial charge in [0.05, 0.1) is 6.33 Å². The molecule has 124 valence electrons. The second kappa shape index (κ2) is 7.08. The molecule has 1 aliphatic carbocycles. The van der Waals surface area contributed by atoms with E-state index in [1.54, 1.807) is 0 Å². The highest BCUT2D eigenvalue weighted by Gasteiger charge is 2.25. The van der Waals surface area contributed by atoms with Crippen molar-refractivity contribution >= 4 is 11.8 Å². The van der Waals surface area contributed by atoms with Gasteiger partial charge in [-0.1, -0.05) is 30.3 Å². The molecule has 7 nitrogen and oxygen atoms in total. The molecule has 7 heteroatoms. The molecule has 0 atom stereocenters. The van der Waals surface area contributed by atoms with E-state index in [2.05, 4.69) is 15.6 Å². The molecule has 1 aromatic heterocycles. The lowest BCUT2D eigenvalue weighted by molar-refractivity contribution is -0.121. The monoisotopic (exact) mass is 326 g/mol. The Morgan fingerprint density at radius 2 is 1.96 bits per heavy atom. The molecule has 3 rings (SSSR count). The van der Waals surface area contributed by atoms with Crippen molar-refractivity contribution in [1.82, 2.24) is 20.2 Å². The van der Waals surface area contributed by atoms with E-state index < -0.39 is 11.5 Å². The first-order valence-corrected chi connectivity index (χ1v) is 7.79. The fourth-order valence-corrected chi connectivity index (χ4v) is 2.22. The zero-order valence-electron chi connectivity index (χ0n) is 13.1. The summed E-state index contributed by atoms with van der Waals surface area (Å²) in [6, 6.07) is 9.62. The van der Waals surface area contributed by atoms with Crippen LogP contribution in [0, 0.1) is 0 Å². The maximum atomic E-state index is 12.3. The number of hydrogen-bond acceptors (Lipinski definition) is 4. The average molecular weight is 326 g/mol. The predicted octanol–water partition coefficient (Wildman–Crippen LogP) is 0.452. The van der Waals surface area contributed by atoms with Gasteiger partial charge in [0.2, 0.25) is 5.91 Å². The fraction of sp³-hybridized carbons (Fsp3) is 0.294. The number of aromatic nitrogens is 2. The molecule has 1 aromatic carbocycles. The molecule has 2 aromatic rings. The topological polar surface area (TPSA) is 93.1 Å². The summed E-state index contributed by atoms with van der Waals surface area (Å²) in [6.45, 7) is 0.201. The van der Waals surface area contributed by atoms with Crippen molar-refractivity contribution < 1.29 is 9.59 Å². The fourth-order valence-electron chi connectivity index (χ4n) is 2.22. The zero-order valence-corrected chi connectivity index (χ0v) is 13.1. The Kier molecular flexibility index (Phi) is 4.69.